The Labute approximate surface area is 114 Å². The molecule has 110 valence electrons. The van der Waals surface area contributed by atoms with Crippen LogP contribution in [0.15, 0.2) is 24.3 Å². The number of alkyl halides is 2. The molecule has 1 aromatic carbocycles. The fraction of sp³-hybridized carbons (Fsp3) is 0.385. The number of ether oxygens (including phenoxy) is 1. The third-order valence-corrected chi connectivity index (χ3v) is 2.86. The predicted octanol–water partition coefficient (Wildman–Crippen LogP) is 1.76. The molecule has 7 heteroatoms. The second-order valence-electron chi connectivity index (χ2n) is 4.18. The van der Waals surface area contributed by atoms with E-state index in [0.29, 0.717) is 0 Å². The molecule has 0 heterocycles. The minimum Gasteiger partial charge on any atom is -0.480 e. The summed E-state index contributed by atoms with van der Waals surface area (Å²) in [5.74, 6) is -1.73. The van der Waals surface area contributed by atoms with Crippen LogP contribution in [-0.4, -0.2) is 41.6 Å². The van der Waals surface area contributed by atoms with Crippen molar-refractivity contribution in [2.75, 3.05) is 7.05 Å². The number of hydrogen-bond acceptors (Lipinski definition) is 3. The monoisotopic (exact) mass is 287 g/mol. The first kappa shape index (κ1) is 15.9. The smallest absolute Gasteiger partial charge is 0.387 e. The van der Waals surface area contributed by atoms with E-state index in [2.05, 4.69) is 4.74 Å². The second-order valence-corrected chi connectivity index (χ2v) is 4.18. The van der Waals surface area contributed by atoms with Crippen LogP contribution in [0.2, 0.25) is 0 Å². The van der Waals surface area contributed by atoms with E-state index in [1.807, 2.05) is 0 Å². The zero-order valence-electron chi connectivity index (χ0n) is 11.0. The number of para-hydroxylation sites is 1. The van der Waals surface area contributed by atoms with Crippen molar-refractivity contribution in [3.8, 4) is 5.75 Å². The quantitative estimate of drug-likeness (QED) is 0.865. The first-order chi connectivity index (χ1) is 9.32. The van der Waals surface area contributed by atoms with Gasteiger partial charge in [0.1, 0.15) is 11.8 Å². The van der Waals surface area contributed by atoms with Crippen LogP contribution in [0.4, 0.5) is 8.78 Å². The topological polar surface area (TPSA) is 66.8 Å². The molecular formula is C13H15F2NO4. The Bertz CT molecular complexity index is 493. The van der Waals surface area contributed by atoms with Gasteiger partial charge in [-0.15, -0.1) is 0 Å². The average molecular weight is 287 g/mol. The molecule has 1 atom stereocenters. The van der Waals surface area contributed by atoms with Crippen LogP contribution in [0, 0.1) is 0 Å². The highest BCUT2D eigenvalue weighted by Gasteiger charge is 2.22. The average Bonchev–Trinajstić information content (AvgIpc) is 2.38. The van der Waals surface area contributed by atoms with E-state index in [4.69, 9.17) is 5.11 Å². The lowest BCUT2D eigenvalue weighted by molar-refractivity contribution is -0.148. The van der Waals surface area contributed by atoms with Gasteiger partial charge < -0.3 is 14.7 Å². The minimum atomic E-state index is -2.98. The highest BCUT2D eigenvalue weighted by molar-refractivity contribution is 5.84. The molecule has 1 unspecified atom stereocenters. The molecule has 1 N–H and O–H groups in total. The first-order valence-electron chi connectivity index (χ1n) is 5.84. The number of carboxylic acids is 1. The number of rotatable bonds is 6. The van der Waals surface area contributed by atoms with Gasteiger partial charge in [-0.05, 0) is 13.0 Å². The number of hydrogen-bond donors (Lipinski definition) is 1. The van der Waals surface area contributed by atoms with Gasteiger partial charge in [-0.1, -0.05) is 18.2 Å². The van der Waals surface area contributed by atoms with Gasteiger partial charge >= 0.3 is 12.6 Å². The van der Waals surface area contributed by atoms with E-state index in [1.54, 1.807) is 6.07 Å². The number of benzene rings is 1. The number of carbonyl (C=O) groups excluding carboxylic acids is 1. The van der Waals surface area contributed by atoms with E-state index < -0.39 is 24.5 Å². The SMILES string of the molecule is CC(C(=O)O)N(C)C(=O)Cc1ccccc1OC(F)F. The molecule has 0 bridgehead atoms. The Hall–Kier alpha value is -2.18. The van der Waals surface area contributed by atoms with Crippen LogP contribution in [-0.2, 0) is 16.0 Å². The fourth-order valence-electron chi connectivity index (χ4n) is 1.53. The molecule has 0 aliphatic carbocycles. The van der Waals surface area contributed by atoms with E-state index in [9.17, 15) is 18.4 Å². The molecule has 0 aliphatic heterocycles. The Morgan fingerprint density at radius 3 is 2.50 bits per heavy atom. The van der Waals surface area contributed by atoms with Crippen molar-refractivity contribution >= 4 is 11.9 Å². The van der Waals surface area contributed by atoms with Gasteiger partial charge in [0.05, 0.1) is 6.42 Å². The minimum absolute atomic E-state index is 0.0905. The van der Waals surface area contributed by atoms with Gasteiger partial charge in [-0.3, -0.25) is 4.79 Å². The standard InChI is InChI=1S/C13H15F2NO4/c1-8(12(18)19)16(2)11(17)7-9-5-3-4-6-10(9)20-13(14)15/h3-6,8,13H,7H2,1-2H3,(H,18,19). The van der Waals surface area contributed by atoms with Crippen LogP contribution >= 0.6 is 0 Å². The molecule has 0 aromatic heterocycles. The van der Waals surface area contributed by atoms with Crippen LogP contribution in [0.25, 0.3) is 0 Å². The Morgan fingerprint density at radius 2 is 1.95 bits per heavy atom. The third kappa shape index (κ3) is 4.18. The maximum Gasteiger partial charge on any atom is 0.387 e. The van der Waals surface area contributed by atoms with E-state index >= 15 is 0 Å². The first-order valence-corrected chi connectivity index (χ1v) is 5.84. The summed E-state index contributed by atoms with van der Waals surface area (Å²) in [7, 11) is 1.34. The Morgan fingerprint density at radius 1 is 1.35 bits per heavy atom. The molecule has 0 aliphatic rings. The molecule has 1 amide bonds. The summed E-state index contributed by atoms with van der Waals surface area (Å²) in [4.78, 5) is 23.8. The van der Waals surface area contributed by atoms with Gasteiger partial charge in [-0.25, -0.2) is 4.79 Å². The molecule has 0 fully saturated rings. The number of nitrogens with zero attached hydrogens (tertiary/aromatic N) is 1. The Kier molecular flexibility index (Phi) is 5.42. The number of aliphatic carboxylic acids is 1. The van der Waals surface area contributed by atoms with E-state index in [0.717, 1.165) is 4.90 Å². The van der Waals surface area contributed by atoms with E-state index in [-0.39, 0.29) is 17.7 Å². The zero-order valence-corrected chi connectivity index (χ0v) is 11.0. The molecule has 1 aromatic rings. The molecule has 5 nitrogen and oxygen atoms in total. The summed E-state index contributed by atoms with van der Waals surface area (Å²) < 4.78 is 28.8. The summed E-state index contributed by atoms with van der Waals surface area (Å²) in [6.45, 7) is -1.62. The number of halogens is 2. The van der Waals surface area contributed by atoms with Crippen molar-refractivity contribution < 1.29 is 28.2 Å². The highest BCUT2D eigenvalue weighted by Crippen LogP contribution is 2.21. The summed E-state index contributed by atoms with van der Waals surface area (Å²) in [6, 6.07) is 4.91. The number of likely N-dealkylation sites (N-methyl/N-ethyl adjacent to an activating group) is 1. The summed E-state index contributed by atoms with van der Waals surface area (Å²) in [5, 5.41) is 8.82. The van der Waals surface area contributed by atoms with Crippen molar-refractivity contribution in [3.05, 3.63) is 29.8 Å². The van der Waals surface area contributed by atoms with Gasteiger partial charge in [0.25, 0.3) is 0 Å². The highest BCUT2D eigenvalue weighted by atomic mass is 19.3. The van der Waals surface area contributed by atoms with Crippen molar-refractivity contribution in [1.29, 1.82) is 0 Å². The molecule has 0 saturated carbocycles. The maximum absolute atomic E-state index is 12.2. The molecular weight excluding hydrogens is 272 g/mol. The molecule has 20 heavy (non-hydrogen) atoms. The lowest BCUT2D eigenvalue weighted by atomic mass is 10.1. The summed E-state index contributed by atoms with van der Waals surface area (Å²) in [6.07, 6.45) is -0.211. The molecule has 0 saturated heterocycles. The largest absolute Gasteiger partial charge is 0.480 e. The van der Waals surface area contributed by atoms with Gasteiger partial charge in [-0.2, -0.15) is 8.78 Å². The third-order valence-electron chi connectivity index (χ3n) is 2.86. The normalized spacial score (nSPS) is 12.1. The Balaban J connectivity index is 2.83. The lowest BCUT2D eigenvalue weighted by Crippen LogP contribution is -2.41. The predicted molar refractivity (Wildman–Crippen MR) is 66.6 cm³/mol. The van der Waals surface area contributed by atoms with E-state index in [1.165, 1.54) is 32.2 Å². The van der Waals surface area contributed by atoms with Gasteiger partial charge in [0, 0.05) is 12.6 Å². The summed E-state index contributed by atoms with van der Waals surface area (Å²) in [5.41, 5.74) is 0.280. The van der Waals surface area contributed by atoms with Crippen LogP contribution in [0.5, 0.6) is 5.75 Å². The molecule has 0 radical (unpaired) electrons. The molecule has 0 spiro atoms. The van der Waals surface area contributed by atoms with Crippen LogP contribution < -0.4 is 4.74 Å². The molecule has 1 rings (SSSR count). The zero-order chi connectivity index (χ0) is 15.3. The number of amides is 1. The van der Waals surface area contributed by atoms with Crippen molar-refractivity contribution in [1.82, 2.24) is 4.90 Å². The van der Waals surface area contributed by atoms with Gasteiger partial charge in [0.2, 0.25) is 5.91 Å². The van der Waals surface area contributed by atoms with Crippen molar-refractivity contribution in [2.45, 2.75) is 26.0 Å². The summed E-state index contributed by atoms with van der Waals surface area (Å²) >= 11 is 0. The van der Waals surface area contributed by atoms with Gasteiger partial charge in [0.15, 0.2) is 0 Å². The lowest BCUT2D eigenvalue weighted by Gasteiger charge is -2.22. The maximum atomic E-state index is 12.2. The van der Waals surface area contributed by atoms with Crippen molar-refractivity contribution in [2.24, 2.45) is 0 Å². The fourth-order valence-corrected chi connectivity index (χ4v) is 1.53. The number of carboxylic acid groups (broad SMARTS) is 1. The van der Waals surface area contributed by atoms with Crippen LogP contribution in [0.3, 0.4) is 0 Å². The second kappa shape index (κ2) is 6.83. The van der Waals surface area contributed by atoms with Crippen LogP contribution in [0.1, 0.15) is 12.5 Å². The van der Waals surface area contributed by atoms with Crippen molar-refractivity contribution in [3.63, 3.8) is 0 Å². The number of carbonyl (C=O) groups is 2.